The quantitative estimate of drug-likeness (QED) is 0.875. The second-order valence-corrected chi connectivity index (χ2v) is 5.00. The Hall–Kier alpha value is -1.90. The van der Waals surface area contributed by atoms with Crippen molar-refractivity contribution < 1.29 is 4.79 Å². The van der Waals surface area contributed by atoms with E-state index in [1.165, 1.54) is 6.42 Å². The summed E-state index contributed by atoms with van der Waals surface area (Å²) in [5.74, 6) is 0.336. The summed E-state index contributed by atoms with van der Waals surface area (Å²) < 4.78 is 0. The van der Waals surface area contributed by atoms with Crippen LogP contribution in [0.25, 0.3) is 10.9 Å². The topological polar surface area (TPSA) is 42.0 Å². The highest BCUT2D eigenvalue weighted by molar-refractivity contribution is 6.01. The first-order valence-electron chi connectivity index (χ1n) is 6.40. The van der Waals surface area contributed by atoms with E-state index in [-0.39, 0.29) is 11.8 Å². The number of benzene rings is 1. The molecule has 0 radical (unpaired) electrons. The molecule has 1 aromatic heterocycles. The molecule has 1 amide bonds. The smallest absolute Gasteiger partial charge is 0.227 e. The fraction of sp³-hybridized carbons (Fsp3) is 0.333. The van der Waals surface area contributed by atoms with Gasteiger partial charge in [-0.1, -0.05) is 12.5 Å². The van der Waals surface area contributed by atoms with Gasteiger partial charge in [-0.2, -0.15) is 0 Å². The highest BCUT2D eigenvalue weighted by atomic mass is 16.1. The molecule has 3 heteroatoms. The average molecular weight is 240 g/mol. The molecule has 0 bridgehead atoms. The summed E-state index contributed by atoms with van der Waals surface area (Å²) in [5, 5.41) is 4.10. The highest BCUT2D eigenvalue weighted by Crippen LogP contribution is 2.29. The summed E-state index contributed by atoms with van der Waals surface area (Å²) in [6, 6.07) is 8.01. The Balaban J connectivity index is 1.97. The number of nitrogens with one attached hydrogen (secondary N) is 1. The molecule has 18 heavy (non-hydrogen) atoms. The standard InChI is InChI=1S/C15H16N2O/c1-10-8-12-6-3-7-16-14(12)13(9-10)17-15(18)11-4-2-5-11/h3,6-9,11H,2,4-5H2,1H3,(H,17,18). The van der Waals surface area contributed by atoms with E-state index in [9.17, 15) is 4.79 Å². The predicted octanol–water partition coefficient (Wildman–Crippen LogP) is 3.28. The summed E-state index contributed by atoms with van der Waals surface area (Å²) in [4.78, 5) is 16.4. The molecule has 0 aliphatic heterocycles. The molecule has 1 aliphatic carbocycles. The van der Waals surface area contributed by atoms with Crippen molar-refractivity contribution in [2.45, 2.75) is 26.2 Å². The van der Waals surface area contributed by atoms with E-state index in [1.807, 2.05) is 25.1 Å². The lowest BCUT2D eigenvalue weighted by atomic mass is 9.85. The molecule has 1 N–H and O–H groups in total. The number of aromatic nitrogens is 1. The van der Waals surface area contributed by atoms with Crippen LogP contribution in [0.1, 0.15) is 24.8 Å². The van der Waals surface area contributed by atoms with Crippen molar-refractivity contribution >= 4 is 22.5 Å². The Morgan fingerprint density at radius 2 is 2.22 bits per heavy atom. The maximum atomic E-state index is 12.0. The molecule has 3 rings (SSSR count). The van der Waals surface area contributed by atoms with Crippen LogP contribution in [0.2, 0.25) is 0 Å². The van der Waals surface area contributed by atoms with E-state index >= 15 is 0 Å². The lowest BCUT2D eigenvalue weighted by Gasteiger charge is -2.24. The largest absolute Gasteiger partial charge is 0.324 e. The summed E-state index contributed by atoms with van der Waals surface area (Å²) in [5.41, 5.74) is 2.85. The normalized spacial score (nSPS) is 15.4. The van der Waals surface area contributed by atoms with Crippen LogP contribution in [0.5, 0.6) is 0 Å². The third kappa shape index (κ3) is 1.96. The number of aryl methyl sites for hydroxylation is 1. The molecule has 2 aromatic rings. The number of hydrogen-bond donors (Lipinski definition) is 1. The zero-order valence-corrected chi connectivity index (χ0v) is 10.4. The van der Waals surface area contributed by atoms with Gasteiger partial charge in [-0.25, -0.2) is 0 Å². The van der Waals surface area contributed by atoms with Gasteiger partial charge in [0.2, 0.25) is 5.91 Å². The first kappa shape index (κ1) is 11.2. The number of nitrogens with zero attached hydrogens (tertiary/aromatic N) is 1. The molecule has 1 aliphatic rings. The molecule has 1 aromatic carbocycles. The zero-order chi connectivity index (χ0) is 12.5. The third-order valence-electron chi connectivity index (χ3n) is 3.58. The van der Waals surface area contributed by atoms with Crippen LogP contribution in [-0.4, -0.2) is 10.9 Å². The lowest BCUT2D eigenvalue weighted by molar-refractivity contribution is -0.122. The van der Waals surface area contributed by atoms with Crippen LogP contribution in [-0.2, 0) is 4.79 Å². The van der Waals surface area contributed by atoms with E-state index in [4.69, 9.17) is 0 Å². The molecular weight excluding hydrogens is 224 g/mol. The molecule has 0 saturated heterocycles. The summed E-state index contributed by atoms with van der Waals surface area (Å²) >= 11 is 0. The van der Waals surface area contributed by atoms with Gasteiger partial charge in [-0.15, -0.1) is 0 Å². The molecule has 0 spiro atoms. The summed E-state index contributed by atoms with van der Waals surface area (Å²) in [7, 11) is 0. The van der Waals surface area contributed by atoms with E-state index in [1.54, 1.807) is 6.20 Å². The van der Waals surface area contributed by atoms with Gasteiger partial charge in [0.25, 0.3) is 0 Å². The Morgan fingerprint density at radius 1 is 1.39 bits per heavy atom. The van der Waals surface area contributed by atoms with Gasteiger partial charge in [0.05, 0.1) is 11.2 Å². The van der Waals surface area contributed by atoms with Crippen LogP contribution >= 0.6 is 0 Å². The van der Waals surface area contributed by atoms with E-state index < -0.39 is 0 Å². The number of anilines is 1. The zero-order valence-electron chi connectivity index (χ0n) is 10.4. The van der Waals surface area contributed by atoms with Crippen LogP contribution in [0.15, 0.2) is 30.5 Å². The fourth-order valence-corrected chi connectivity index (χ4v) is 2.34. The minimum absolute atomic E-state index is 0.138. The van der Waals surface area contributed by atoms with Crippen molar-refractivity contribution in [2.24, 2.45) is 5.92 Å². The fourth-order valence-electron chi connectivity index (χ4n) is 2.34. The molecular formula is C15H16N2O. The molecule has 1 fully saturated rings. The summed E-state index contributed by atoms with van der Waals surface area (Å²) in [6.07, 6.45) is 4.97. The SMILES string of the molecule is Cc1cc(NC(=O)C2CCC2)c2ncccc2c1. The van der Waals surface area contributed by atoms with Gasteiger partial charge in [-0.05, 0) is 43.5 Å². The first-order valence-corrected chi connectivity index (χ1v) is 6.40. The van der Waals surface area contributed by atoms with Crippen LogP contribution in [0.3, 0.4) is 0 Å². The number of rotatable bonds is 2. The molecule has 0 atom stereocenters. The van der Waals surface area contributed by atoms with Gasteiger partial charge in [0.1, 0.15) is 0 Å². The second-order valence-electron chi connectivity index (χ2n) is 5.00. The van der Waals surface area contributed by atoms with Crippen molar-refractivity contribution in [3.8, 4) is 0 Å². The number of pyridine rings is 1. The Labute approximate surface area is 106 Å². The minimum atomic E-state index is 0.138. The van der Waals surface area contributed by atoms with Gasteiger partial charge in [-0.3, -0.25) is 9.78 Å². The molecule has 3 nitrogen and oxygen atoms in total. The molecule has 1 saturated carbocycles. The molecule has 92 valence electrons. The number of amides is 1. The van der Waals surface area contributed by atoms with Gasteiger partial charge in [0, 0.05) is 17.5 Å². The Bertz CT molecular complexity index is 602. The average Bonchev–Trinajstić information content (AvgIpc) is 2.26. The number of carbonyl (C=O) groups is 1. The highest BCUT2D eigenvalue weighted by Gasteiger charge is 2.25. The maximum Gasteiger partial charge on any atom is 0.227 e. The third-order valence-corrected chi connectivity index (χ3v) is 3.58. The maximum absolute atomic E-state index is 12.0. The van der Waals surface area contributed by atoms with Gasteiger partial charge >= 0.3 is 0 Å². The number of fused-ring (bicyclic) bond motifs is 1. The van der Waals surface area contributed by atoms with E-state index in [2.05, 4.69) is 16.4 Å². The van der Waals surface area contributed by atoms with Crippen molar-refractivity contribution in [3.63, 3.8) is 0 Å². The van der Waals surface area contributed by atoms with E-state index in [0.717, 1.165) is 35.0 Å². The first-order chi connectivity index (χ1) is 8.74. The van der Waals surface area contributed by atoms with Crippen LogP contribution < -0.4 is 5.32 Å². The van der Waals surface area contributed by atoms with E-state index in [0.29, 0.717) is 0 Å². The van der Waals surface area contributed by atoms with Crippen molar-refractivity contribution in [3.05, 3.63) is 36.0 Å². The van der Waals surface area contributed by atoms with Gasteiger partial charge < -0.3 is 5.32 Å². The number of carbonyl (C=O) groups excluding carboxylic acids is 1. The second kappa shape index (κ2) is 4.41. The Morgan fingerprint density at radius 3 is 2.94 bits per heavy atom. The van der Waals surface area contributed by atoms with Crippen molar-refractivity contribution in [2.75, 3.05) is 5.32 Å². The molecule has 0 unspecified atom stereocenters. The van der Waals surface area contributed by atoms with Crippen molar-refractivity contribution in [1.82, 2.24) is 4.98 Å². The predicted molar refractivity (Wildman–Crippen MR) is 72.5 cm³/mol. The number of hydrogen-bond acceptors (Lipinski definition) is 2. The Kier molecular flexibility index (Phi) is 2.74. The van der Waals surface area contributed by atoms with Gasteiger partial charge in [0.15, 0.2) is 0 Å². The molecule has 1 heterocycles. The minimum Gasteiger partial charge on any atom is -0.324 e. The summed E-state index contributed by atoms with van der Waals surface area (Å²) in [6.45, 7) is 2.03. The lowest BCUT2D eigenvalue weighted by Crippen LogP contribution is -2.28. The monoisotopic (exact) mass is 240 g/mol. The van der Waals surface area contributed by atoms with Crippen LogP contribution in [0, 0.1) is 12.8 Å². The van der Waals surface area contributed by atoms with Crippen LogP contribution in [0.4, 0.5) is 5.69 Å². The van der Waals surface area contributed by atoms with Crippen molar-refractivity contribution in [1.29, 1.82) is 0 Å².